The number of nitrogens with one attached hydrogen (secondary N) is 3. The van der Waals surface area contributed by atoms with Crippen LogP contribution in [0.25, 0.3) is 0 Å². The van der Waals surface area contributed by atoms with E-state index < -0.39 is 24.1 Å². The summed E-state index contributed by atoms with van der Waals surface area (Å²) in [6.07, 6.45) is -0.0404. The molecule has 0 spiro atoms. The van der Waals surface area contributed by atoms with Gasteiger partial charge in [-0.1, -0.05) is 13.3 Å². The fourth-order valence-electron chi connectivity index (χ4n) is 5.91. The number of likely N-dealkylation sites (tertiary alicyclic amines) is 1. The van der Waals surface area contributed by atoms with Crippen LogP contribution < -0.4 is 16.2 Å². The number of hydrogen-bond donors (Lipinski definition) is 3. The van der Waals surface area contributed by atoms with Crippen LogP contribution in [0.3, 0.4) is 0 Å². The van der Waals surface area contributed by atoms with Crippen LogP contribution in [0, 0.1) is 11.8 Å². The second kappa shape index (κ2) is 10.7. The van der Waals surface area contributed by atoms with Crippen LogP contribution in [0.15, 0.2) is 0 Å². The number of hydrazine groups is 1. The first-order chi connectivity index (χ1) is 15.8. The number of hydroxylamine groups is 1. The molecule has 4 fully saturated rings. The smallest absolute Gasteiger partial charge is 0.375 e. The summed E-state index contributed by atoms with van der Waals surface area (Å²) in [4.78, 5) is 20.4. The van der Waals surface area contributed by atoms with E-state index in [9.17, 15) is 18.0 Å². The van der Waals surface area contributed by atoms with Crippen molar-refractivity contribution in [2.24, 2.45) is 11.8 Å². The van der Waals surface area contributed by atoms with Gasteiger partial charge in [-0.05, 0) is 45.2 Å². The Hall–Kier alpha value is -0.980. The number of piperidine rings is 1. The Morgan fingerprint density at radius 3 is 2.76 bits per heavy atom. The lowest BCUT2D eigenvalue weighted by atomic mass is 9.77. The average molecular weight is 478 g/mol. The minimum absolute atomic E-state index is 0.0326. The van der Waals surface area contributed by atoms with Crippen molar-refractivity contribution in [2.75, 3.05) is 39.8 Å². The van der Waals surface area contributed by atoms with Crippen molar-refractivity contribution in [3.05, 3.63) is 0 Å². The molecular weight excluding hydrogens is 439 g/mol. The highest BCUT2D eigenvalue weighted by Crippen LogP contribution is 2.41. The molecule has 7 unspecified atom stereocenters. The highest BCUT2D eigenvalue weighted by molar-refractivity contribution is 5.82. The maximum absolute atomic E-state index is 13.8. The predicted octanol–water partition coefficient (Wildman–Crippen LogP) is 1.43. The van der Waals surface area contributed by atoms with E-state index in [2.05, 4.69) is 21.1 Å². The summed E-state index contributed by atoms with van der Waals surface area (Å²) in [5, 5.41) is 4.89. The third-order valence-electron chi connectivity index (χ3n) is 7.68. The third-order valence-corrected chi connectivity index (χ3v) is 7.68. The van der Waals surface area contributed by atoms with Gasteiger partial charge in [0.1, 0.15) is 12.1 Å². The summed E-state index contributed by atoms with van der Waals surface area (Å²) in [5.74, 6) is -1.93. The lowest BCUT2D eigenvalue weighted by Gasteiger charge is -2.46. The van der Waals surface area contributed by atoms with Crippen molar-refractivity contribution in [1.29, 1.82) is 0 Å². The Bertz CT molecular complexity index is 664. The first-order valence-electron chi connectivity index (χ1n) is 12.3. The van der Waals surface area contributed by atoms with Crippen LogP contribution in [0.2, 0.25) is 0 Å². The normalized spacial score (nSPS) is 38.8. The summed E-state index contributed by atoms with van der Waals surface area (Å²) in [6.45, 7) is 4.53. The number of hydrogen-bond acceptors (Lipinski definition) is 7. The van der Waals surface area contributed by atoms with Crippen molar-refractivity contribution in [3.8, 4) is 0 Å². The Balaban J connectivity index is 1.29. The molecule has 0 saturated carbocycles. The highest BCUT2D eigenvalue weighted by atomic mass is 19.4. The molecule has 33 heavy (non-hydrogen) atoms. The maximum Gasteiger partial charge on any atom is 0.392 e. The second-order valence-electron chi connectivity index (χ2n) is 10.0. The number of alkyl halides is 3. The molecule has 0 aromatic heterocycles. The summed E-state index contributed by atoms with van der Waals surface area (Å²) in [6, 6.07) is -0.694. The number of carbonyl (C=O) groups is 1. The van der Waals surface area contributed by atoms with Gasteiger partial charge in [-0.15, -0.1) is 0 Å². The molecule has 0 bridgehead atoms. The standard InChI is InChI=1S/C22H38F3N5O3/c1-3-5-18-15(16(22(23,24)25)7-8-29(18)2)13-30-12-14(11-26-30)27-21(31)17-10-20(33-28-17)19-6-4-9-32-19/h14-20,26,28H,3-13H2,1-2H3,(H,27,31). The van der Waals surface area contributed by atoms with E-state index in [-0.39, 0.29) is 36.6 Å². The first kappa shape index (κ1) is 25.1. The Morgan fingerprint density at radius 2 is 2.06 bits per heavy atom. The SMILES string of the molecule is CCCC1C(CN2CC(NC(=O)C3CC(C4CCCO4)ON3)CN2)C(C(F)(F)F)CCN1C. The molecule has 4 rings (SSSR count). The molecule has 11 heteroatoms. The van der Waals surface area contributed by atoms with E-state index in [0.717, 1.165) is 32.3 Å². The summed E-state index contributed by atoms with van der Waals surface area (Å²) in [5.41, 5.74) is 6.04. The van der Waals surface area contributed by atoms with Gasteiger partial charge in [0.15, 0.2) is 0 Å². The van der Waals surface area contributed by atoms with Gasteiger partial charge in [0, 0.05) is 38.7 Å². The van der Waals surface area contributed by atoms with Crippen LogP contribution in [-0.4, -0.2) is 92.2 Å². The zero-order chi connectivity index (χ0) is 23.6. The van der Waals surface area contributed by atoms with Gasteiger partial charge in [0.25, 0.3) is 0 Å². The van der Waals surface area contributed by atoms with E-state index in [4.69, 9.17) is 9.57 Å². The zero-order valence-electron chi connectivity index (χ0n) is 19.6. The van der Waals surface area contributed by atoms with Gasteiger partial charge in [-0.25, -0.2) is 5.01 Å². The number of nitrogens with zero attached hydrogens (tertiary/aromatic N) is 2. The lowest BCUT2D eigenvalue weighted by Crippen LogP contribution is -2.55. The van der Waals surface area contributed by atoms with Crippen LogP contribution in [0.4, 0.5) is 13.2 Å². The highest BCUT2D eigenvalue weighted by Gasteiger charge is 2.50. The molecule has 8 nitrogen and oxygen atoms in total. The third kappa shape index (κ3) is 5.99. The fourth-order valence-corrected chi connectivity index (χ4v) is 5.91. The minimum Gasteiger partial charge on any atom is -0.375 e. The quantitative estimate of drug-likeness (QED) is 0.512. The Labute approximate surface area is 193 Å². The van der Waals surface area contributed by atoms with E-state index in [1.165, 1.54) is 0 Å². The molecule has 1 amide bonds. The molecule has 4 heterocycles. The lowest BCUT2D eigenvalue weighted by molar-refractivity contribution is -0.209. The van der Waals surface area contributed by atoms with Crippen molar-refractivity contribution in [3.63, 3.8) is 0 Å². The van der Waals surface area contributed by atoms with Crippen LogP contribution >= 0.6 is 0 Å². The predicted molar refractivity (Wildman–Crippen MR) is 116 cm³/mol. The number of ether oxygens (including phenoxy) is 1. The minimum atomic E-state index is -4.20. The zero-order valence-corrected chi connectivity index (χ0v) is 19.6. The molecule has 0 aromatic rings. The Morgan fingerprint density at radius 1 is 1.24 bits per heavy atom. The second-order valence-corrected chi connectivity index (χ2v) is 10.0. The molecule has 0 aromatic carbocycles. The van der Waals surface area contributed by atoms with Gasteiger partial charge in [-0.2, -0.15) is 18.7 Å². The molecule has 3 N–H and O–H groups in total. The first-order valence-corrected chi connectivity index (χ1v) is 12.3. The summed E-state index contributed by atoms with van der Waals surface area (Å²) >= 11 is 0. The molecule has 4 aliphatic heterocycles. The van der Waals surface area contributed by atoms with E-state index in [1.54, 1.807) is 0 Å². The maximum atomic E-state index is 13.8. The number of carbonyl (C=O) groups excluding carboxylic acids is 1. The monoisotopic (exact) mass is 477 g/mol. The van der Waals surface area contributed by atoms with Crippen molar-refractivity contribution >= 4 is 5.91 Å². The molecule has 4 saturated heterocycles. The summed E-state index contributed by atoms with van der Waals surface area (Å²) < 4.78 is 47.1. The molecule has 4 aliphatic rings. The van der Waals surface area contributed by atoms with Crippen molar-refractivity contribution in [1.82, 2.24) is 26.1 Å². The van der Waals surface area contributed by atoms with Gasteiger partial charge in [0.2, 0.25) is 5.91 Å². The van der Waals surface area contributed by atoms with Gasteiger partial charge >= 0.3 is 6.18 Å². The van der Waals surface area contributed by atoms with Gasteiger partial charge < -0.3 is 15.0 Å². The number of amides is 1. The average Bonchev–Trinajstić information content (AvgIpc) is 3.51. The molecular formula is C22H38F3N5O3. The molecule has 190 valence electrons. The molecule has 0 aliphatic carbocycles. The van der Waals surface area contributed by atoms with Crippen LogP contribution in [0.1, 0.15) is 45.4 Å². The van der Waals surface area contributed by atoms with E-state index in [1.807, 2.05) is 19.0 Å². The van der Waals surface area contributed by atoms with Crippen LogP contribution in [0.5, 0.6) is 0 Å². The summed E-state index contributed by atoms with van der Waals surface area (Å²) in [7, 11) is 1.93. The van der Waals surface area contributed by atoms with E-state index >= 15 is 0 Å². The molecule has 7 atom stereocenters. The Kier molecular flexibility index (Phi) is 8.18. The number of rotatable bonds is 7. The fraction of sp³-hybridized carbons (Fsp3) is 0.955. The molecule has 0 radical (unpaired) electrons. The van der Waals surface area contributed by atoms with E-state index in [0.29, 0.717) is 32.6 Å². The van der Waals surface area contributed by atoms with Crippen LogP contribution in [-0.2, 0) is 14.4 Å². The number of halogens is 3. The topological polar surface area (TPSA) is 78.1 Å². The van der Waals surface area contributed by atoms with Crippen molar-refractivity contribution in [2.45, 2.75) is 82.0 Å². The van der Waals surface area contributed by atoms with Gasteiger partial charge in [0.05, 0.1) is 18.1 Å². The van der Waals surface area contributed by atoms with Crippen molar-refractivity contribution < 1.29 is 27.5 Å². The largest absolute Gasteiger partial charge is 0.392 e. The van der Waals surface area contributed by atoms with Gasteiger partial charge in [-0.3, -0.25) is 15.1 Å².